The van der Waals surface area contributed by atoms with Crippen molar-refractivity contribution in [2.45, 2.75) is 79.6 Å². The molecule has 36 heavy (non-hydrogen) atoms. The summed E-state index contributed by atoms with van der Waals surface area (Å²) < 4.78 is 2.19. The summed E-state index contributed by atoms with van der Waals surface area (Å²) in [5.74, 6) is 1.42. The van der Waals surface area contributed by atoms with Gasteiger partial charge in [0.25, 0.3) is 0 Å². The van der Waals surface area contributed by atoms with Crippen LogP contribution in [0.2, 0.25) is 0 Å². The number of rotatable bonds is 9. The molecule has 1 aromatic heterocycles. The van der Waals surface area contributed by atoms with Crippen LogP contribution in [0.4, 0.5) is 5.69 Å². The minimum Gasteiger partial charge on any atom is -0.350 e. The molecule has 0 bridgehead atoms. The second kappa shape index (κ2) is 16.3. The summed E-state index contributed by atoms with van der Waals surface area (Å²) in [6.07, 6.45) is 8.56. The molecule has 1 heterocycles. The number of hydrogen-bond donors (Lipinski definition) is 1. The van der Waals surface area contributed by atoms with E-state index in [0.29, 0.717) is 11.8 Å². The Hall–Kier alpha value is -3.39. The number of amides is 1. The highest BCUT2D eigenvalue weighted by molar-refractivity contribution is 5.89. The molecule has 0 fully saturated rings. The maximum Gasteiger partial charge on any atom is 0.211 e. The average molecular weight is 490 g/mol. The fraction of sp³-hybridized carbons (Fsp3) is 0.452. The van der Waals surface area contributed by atoms with Gasteiger partial charge in [0.05, 0.1) is 11.6 Å². The minimum absolute atomic E-state index is 0.287. The first kappa shape index (κ1) is 30.6. The maximum absolute atomic E-state index is 10.6. The van der Waals surface area contributed by atoms with Gasteiger partial charge in [0, 0.05) is 36.3 Å². The number of carbonyl (C=O) groups excluding carboxylic acids is 2. The molecule has 0 spiro atoms. The Labute approximate surface area is 217 Å². The van der Waals surface area contributed by atoms with Gasteiger partial charge in [-0.25, -0.2) is 0 Å². The van der Waals surface area contributed by atoms with Gasteiger partial charge in [0.15, 0.2) is 0 Å². The van der Waals surface area contributed by atoms with Crippen molar-refractivity contribution in [2.75, 3.05) is 5.32 Å². The first-order valence-electron chi connectivity index (χ1n) is 12.9. The number of anilines is 1. The maximum atomic E-state index is 10.6. The third-order valence-corrected chi connectivity index (χ3v) is 5.80. The van der Waals surface area contributed by atoms with Gasteiger partial charge < -0.3 is 14.7 Å². The molecule has 0 atom stereocenters. The molecule has 0 aliphatic rings. The van der Waals surface area contributed by atoms with Gasteiger partial charge in [-0.05, 0) is 80.0 Å². The number of nitrogens with one attached hydrogen (secondary N) is 1. The van der Waals surface area contributed by atoms with E-state index in [0.717, 1.165) is 29.6 Å². The number of nitriles is 1. The zero-order chi connectivity index (χ0) is 27.1. The number of aryl methyl sites for hydroxylation is 2. The van der Waals surface area contributed by atoms with Crippen molar-refractivity contribution in [1.29, 1.82) is 5.26 Å². The molecule has 194 valence electrons. The summed E-state index contributed by atoms with van der Waals surface area (Å²) in [7, 11) is 2.09. The van der Waals surface area contributed by atoms with Crippen LogP contribution in [0.15, 0.2) is 48.7 Å². The average Bonchev–Trinajstić information content (AvgIpc) is 3.15. The SMILES string of the molecule is CC(=O)CC(C)C.CCCC(CCC)c1cn(C)c2ccc(NC=O)cc12.Cc1cccc(C#N)c1. The predicted octanol–water partition coefficient (Wildman–Crippen LogP) is 7.92. The number of fused-ring (bicyclic) bond motifs is 1. The lowest BCUT2D eigenvalue weighted by atomic mass is 9.90. The van der Waals surface area contributed by atoms with Crippen LogP contribution in [0, 0.1) is 24.2 Å². The highest BCUT2D eigenvalue weighted by atomic mass is 16.1. The molecule has 0 aliphatic carbocycles. The van der Waals surface area contributed by atoms with E-state index in [2.05, 4.69) is 55.2 Å². The lowest BCUT2D eigenvalue weighted by molar-refractivity contribution is -0.117. The van der Waals surface area contributed by atoms with Gasteiger partial charge in [-0.2, -0.15) is 5.26 Å². The summed E-state index contributed by atoms with van der Waals surface area (Å²) in [6.45, 7) is 12.2. The van der Waals surface area contributed by atoms with Gasteiger partial charge in [-0.15, -0.1) is 0 Å². The van der Waals surface area contributed by atoms with Crippen molar-refractivity contribution in [3.63, 3.8) is 0 Å². The standard InChI is InChI=1S/C17H24N2O.C8H7N.C6H12O/c1-4-6-13(7-5-2)16-11-19(3)17-9-8-14(18-12-20)10-15(16)17;1-7-3-2-4-8(5-7)6-9;1-5(2)4-6(3)7/h8-13H,4-7H2,1-3H3,(H,18,20);2-5H,1H3;5H,4H2,1-3H3. The van der Waals surface area contributed by atoms with Crippen molar-refractivity contribution in [2.24, 2.45) is 13.0 Å². The summed E-state index contributed by atoms with van der Waals surface area (Å²) in [5.41, 5.74) is 5.38. The predicted molar refractivity (Wildman–Crippen MR) is 151 cm³/mol. The summed E-state index contributed by atoms with van der Waals surface area (Å²) in [5, 5.41) is 12.4. The van der Waals surface area contributed by atoms with Crippen LogP contribution in [-0.4, -0.2) is 16.8 Å². The van der Waals surface area contributed by atoms with Crippen LogP contribution in [-0.2, 0) is 16.6 Å². The molecule has 0 unspecified atom stereocenters. The van der Waals surface area contributed by atoms with Crippen LogP contribution in [0.3, 0.4) is 0 Å². The van der Waals surface area contributed by atoms with Gasteiger partial charge in [-0.1, -0.05) is 52.7 Å². The Bertz CT molecular complexity index is 1130. The molecule has 1 N–H and O–H groups in total. The number of aromatic nitrogens is 1. The van der Waals surface area contributed by atoms with Crippen molar-refractivity contribution >= 4 is 28.8 Å². The molecule has 1 amide bonds. The molecule has 0 aliphatic heterocycles. The summed E-state index contributed by atoms with van der Waals surface area (Å²) in [4.78, 5) is 20.9. The third-order valence-electron chi connectivity index (χ3n) is 5.80. The Morgan fingerprint density at radius 2 is 1.78 bits per heavy atom. The normalized spacial score (nSPS) is 10.2. The summed E-state index contributed by atoms with van der Waals surface area (Å²) in [6, 6.07) is 15.7. The molecular formula is C31H43N3O2. The highest BCUT2D eigenvalue weighted by Gasteiger charge is 2.16. The minimum atomic E-state index is 0.287. The molecular weight excluding hydrogens is 446 g/mol. The molecule has 5 heteroatoms. The topological polar surface area (TPSA) is 74.9 Å². The van der Waals surface area contributed by atoms with Crippen molar-refractivity contribution in [3.05, 3.63) is 65.4 Å². The number of hydrogen-bond acceptors (Lipinski definition) is 3. The Balaban J connectivity index is 0.000000333. The number of benzene rings is 2. The van der Waals surface area contributed by atoms with E-state index in [9.17, 15) is 9.59 Å². The fourth-order valence-corrected chi connectivity index (χ4v) is 4.35. The zero-order valence-electron chi connectivity index (χ0n) is 23.1. The number of Topliss-reactive ketones (excluding diaryl/α,β-unsaturated/α-hetero) is 1. The largest absolute Gasteiger partial charge is 0.350 e. The van der Waals surface area contributed by atoms with Gasteiger partial charge in [-0.3, -0.25) is 4.79 Å². The molecule has 2 aromatic carbocycles. The molecule has 5 nitrogen and oxygen atoms in total. The molecule has 3 aromatic rings. The van der Waals surface area contributed by atoms with E-state index in [1.807, 2.05) is 45.0 Å². The number of ketones is 1. The van der Waals surface area contributed by atoms with Gasteiger partial charge in [0.2, 0.25) is 6.41 Å². The van der Waals surface area contributed by atoms with Crippen LogP contribution in [0.5, 0.6) is 0 Å². The number of nitrogens with zero attached hydrogens (tertiary/aromatic N) is 2. The fourth-order valence-electron chi connectivity index (χ4n) is 4.35. The van der Waals surface area contributed by atoms with Crippen LogP contribution in [0.1, 0.15) is 89.3 Å². The van der Waals surface area contributed by atoms with Crippen molar-refractivity contribution in [3.8, 4) is 6.07 Å². The van der Waals surface area contributed by atoms with E-state index >= 15 is 0 Å². The second-order valence-electron chi connectivity index (χ2n) is 9.75. The Morgan fingerprint density at radius 1 is 1.11 bits per heavy atom. The van der Waals surface area contributed by atoms with Crippen LogP contribution >= 0.6 is 0 Å². The monoisotopic (exact) mass is 489 g/mol. The van der Waals surface area contributed by atoms with Crippen molar-refractivity contribution < 1.29 is 9.59 Å². The third kappa shape index (κ3) is 10.5. The van der Waals surface area contributed by atoms with Crippen LogP contribution in [0.25, 0.3) is 10.9 Å². The quantitative estimate of drug-likeness (QED) is 0.310. The number of carbonyl (C=O) groups is 2. The van der Waals surface area contributed by atoms with E-state index < -0.39 is 0 Å². The molecule has 0 radical (unpaired) electrons. The van der Waals surface area contributed by atoms with Crippen molar-refractivity contribution in [1.82, 2.24) is 4.57 Å². The molecule has 0 saturated carbocycles. The smallest absolute Gasteiger partial charge is 0.211 e. The highest BCUT2D eigenvalue weighted by Crippen LogP contribution is 2.34. The lowest BCUT2D eigenvalue weighted by Gasteiger charge is -2.14. The Kier molecular flexibility index (Phi) is 13.9. The van der Waals surface area contributed by atoms with Crippen LogP contribution < -0.4 is 5.32 Å². The van der Waals surface area contributed by atoms with E-state index in [-0.39, 0.29) is 5.78 Å². The summed E-state index contributed by atoms with van der Waals surface area (Å²) >= 11 is 0. The van der Waals surface area contributed by atoms with E-state index in [1.165, 1.54) is 42.1 Å². The molecule has 3 rings (SSSR count). The zero-order valence-corrected chi connectivity index (χ0v) is 23.1. The second-order valence-corrected chi connectivity index (χ2v) is 9.75. The Morgan fingerprint density at radius 3 is 2.22 bits per heavy atom. The van der Waals surface area contributed by atoms with E-state index in [4.69, 9.17) is 5.26 Å². The molecule has 0 saturated heterocycles. The first-order chi connectivity index (χ1) is 17.2. The first-order valence-corrected chi connectivity index (χ1v) is 12.9. The van der Waals surface area contributed by atoms with Gasteiger partial charge in [0.1, 0.15) is 5.78 Å². The van der Waals surface area contributed by atoms with E-state index in [1.54, 1.807) is 13.0 Å². The lowest BCUT2D eigenvalue weighted by Crippen LogP contribution is -1.98. The van der Waals surface area contributed by atoms with Gasteiger partial charge >= 0.3 is 0 Å².